The fourth-order valence-electron chi connectivity index (χ4n) is 0.650. The molecule has 0 aliphatic carbocycles. The second-order valence-corrected chi connectivity index (χ2v) is 2.01. The Hall–Kier alpha value is -0.116. The summed E-state index contributed by atoms with van der Waals surface area (Å²) in [6.07, 6.45) is 5.15. The fourth-order valence-corrected chi connectivity index (χ4v) is 0.650. The summed E-state index contributed by atoms with van der Waals surface area (Å²) in [5.41, 5.74) is 2.19. The van der Waals surface area contributed by atoms with Crippen molar-refractivity contribution in [3.63, 3.8) is 0 Å². The maximum atomic E-state index is 5.15. The standard InChI is InChI=1S/C9H8.C2H6.CH3.Y/c1-3-9-6-4-8(2)5-7-9;1-2;;/h1,4-7H,2H3;1-2H3;1H3;/q;;-1;. The molecule has 0 saturated carbocycles. The largest absolute Gasteiger partial charge is 0.358 e. The van der Waals surface area contributed by atoms with Crippen molar-refractivity contribution in [3.05, 3.63) is 42.8 Å². The minimum atomic E-state index is 0. The molecule has 0 heterocycles. The fraction of sp³-hybridized carbons (Fsp3) is 0.250. The number of hydrogen-bond donors (Lipinski definition) is 0. The van der Waals surface area contributed by atoms with Crippen molar-refractivity contribution < 1.29 is 32.7 Å². The molecule has 0 fully saturated rings. The van der Waals surface area contributed by atoms with E-state index in [1.165, 1.54) is 5.56 Å². The van der Waals surface area contributed by atoms with Crippen LogP contribution < -0.4 is 0 Å². The zero-order valence-corrected chi connectivity index (χ0v) is 11.8. The number of hydrogen-bond acceptors (Lipinski definition) is 0. The van der Waals surface area contributed by atoms with Crippen LogP contribution in [0.4, 0.5) is 0 Å². The molecule has 0 spiro atoms. The molecule has 1 heteroatoms. The van der Waals surface area contributed by atoms with E-state index in [2.05, 4.69) is 5.92 Å². The smallest absolute Gasteiger partial charge is 0.0242 e. The van der Waals surface area contributed by atoms with Crippen molar-refractivity contribution in [3.8, 4) is 12.3 Å². The number of rotatable bonds is 0. The van der Waals surface area contributed by atoms with Gasteiger partial charge in [-0.1, -0.05) is 37.5 Å². The molecule has 1 rings (SSSR count). The maximum absolute atomic E-state index is 5.15. The first-order valence-electron chi connectivity index (χ1n) is 3.86. The van der Waals surface area contributed by atoms with Gasteiger partial charge in [-0.05, 0) is 19.1 Å². The van der Waals surface area contributed by atoms with Gasteiger partial charge in [0.25, 0.3) is 0 Å². The van der Waals surface area contributed by atoms with Crippen LogP contribution in [-0.2, 0) is 32.7 Å². The molecule has 1 aromatic rings. The van der Waals surface area contributed by atoms with Crippen LogP contribution in [0.5, 0.6) is 0 Å². The quantitative estimate of drug-likeness (QED) is 0.488. The SMILES string of the molecule is C#Cc1ccc(C)cc1.CC.[CH3-].[Y]. The number of benzene rings is 1. The summed E-state index contributed by atoms with van der Waals surface area (Å²) in [4.78, 5) is 0. The molecule has 0 aliphatic rings. The third-order valence-electron chi connectivity index (χ3n) is 1.22. The molecule has 0 amide bonds. The molecule has 13 heavy (non-hydrogen) atoms. The van der Waals surface area contributed by atoms with Gasteiger partial charge in [-0.25, -0.2) is 0 Å². The van der Waals surface area contributed by atoms with Gasteiger partial charge in [0.2, 0.25) is 0 Å². The van der Waals surface area contributed by atoms with Gasteiger partial charge in [0.1, 0.15) is 0 Å². The molecule has 0 aliphatic heterocycles. The van der Waals surface area contributed by atoms with Gasteiger partial charge in [0, 0.05) is 38.3 Å². The Morgan fingerprint density at radius 2 is 1.46 bits per heavy atom. The summed E-state index contributed by atoms with van der Waals surface area (Å²) in [5, 5.41) is 0. The Kier molecular flexibility index (Phi) is 17.0. The van der Waals surface area contributed by atoms with E-state index in [9.17, 15) is 0 Å². The first-order chi connectivity index (χ1) is 5.33. The predicted octanol–water partition coefficient (Wildman–Crippen LogP) is 3.45. The molecule has 1 aromatic carbocycles. The molecular weight excluding hydrogens is 233 g/mol. The van der Waals surface area contributed by atoms with E-state index in [0.717, 1.165) is 5.56 Å². The summed E-state index contributed by atoms with van der Waals surface area (Å²) < 4.78 is 0. The van der Waals surface area contributed by atoms with Gasteiger partial charge in [0.05, 0.1) is 0 Å². The maximum Gasteiger partial charge on any atom is 0.0242 e. The van der Waals surface area contributed by atoms with Crippen LogP contribution >= 0.6 is 0 Å². The van der Waals surface area contributed by atoms with Crippen LogP contribution in [0, 0.1) is 26.7 Å². The van der Waals surface area contributed by atoms with Crippen LogP contribution in [0.25, 0.3) is 0 Å². The molecule has 0 bridgehead atoms. The molecule has 1 radical (unpaired) electrons. The van der Waals surface area contributed by atoms with E-state index in [1.807, 2.05) is 45.0 Å². The van der Waals surface area contributed by atoms with E-state index in [-0.39, 0.29) is 40.1 Å². The van der Waals surface area contributed by atoms with Crippen molar-refractivity contribution in [2.24, 2.45) is 0 Å². The molecule has 0 unspecified atom stereocenters. The van der Waals surface area contributed by atoms with Gasteiger partial charge in [-0.15, -0.1) is 6.42 Å². The van der Waals surface area contributed by atoms with E-state index < -0.39 is 0 Å². The Labute approximate surface area is 108 Å². The second-order valence-electron chi connectivity index (χ2n) is 2.01. The molecule has 0 saturated heterocycles. The Bertz CT molecular complexity index is 228. The van der Waals surface area contributed by atoms with E-state index in [0.29, 0.717) is 0 Å². The van der Waals surface area contributed by atoms with Crippen LogP contribution in [0.3, 0.4) is 0 Å². The third-order valence-corrected chi connectivity index (χ3v) is 1.22. The third kappa shape index (κ3) is 8.22. The molecule has 0 aromatic heterocycles. The molecule has 0 atom stereocenters. The van der Waals surface area contributed by atoms with Gasteiger partial charge in [0.15, 0.2) is 0 Å². The summed E-state index contributed by atoms with van der Waals surface area (Å²) in [6, 6.07) is 7.90. The number of aryl methyl sites for hydroxylation is 1. The van der Waals surface area contributed by atoms with Crippen LogP contribution in [-0.4, -0.2) is 0 Å². The van der Waals surface area contributed by atoms with E-state index >= 15 is 0 Å². The van der Waals surface area contributed by atoms with Crippen LogP contribution in [0.15, 0.2) is 24.3 Å². The Morgan fingerprint density at radius 1 is 1.08 bits per heavy atom. The average molecular weight is 250 g/mol. The predicted molar refractivity (Wildman–Crippen MR) is 56.9 cm³/mol. The van der Waals surface area contributed by atoms with Crippen molar-refractivity contribution in [2.45, 2.75) is 20.8 Å². The monoisotopic (exact) mass is 250 g/mol. The average Bonchev–Trinajstić information content (AvgIpc) is 2.10. The van der Waals surface area contributed by atoms with Gasteiger partial charge in [-0.3, -0.25) is 0 Å². The topological polar surface area (TPSA) is 0 Å². The Morgan fingerprint density at radius 3 is 1.77 bits per heavy atom. The first-order valence-corrected chi connectivity index (χ1v) is 3.86. The number of terminal acetylenes is 1. The summed E-state index contributed by atoms with van der Waals surface area (Å²) in [5.74, 6) is 2.55. The van der Waals surface area contributed by atoms with Crippen molar-refractivity contribution in [1.29, 1.82) is 0 Å². The molecule has 69 valence electrons. The molecule has 0 N–H and O–H groups in total. The van der Waals surface area contributed by atoms with Crippen LogP contribution in [0.2, 0.25) is 0 Å². The summed E-state index contributed by atoms with van der Waals surface area (Å²) in [7, 11) is 0. The minimum Gasteiger partial charge on any atom is -0.358 e. The summed E-state index contributed by atoms with van der Waals surface area (Å²) >= 11 is 0. The van der Waals surface area contributed by atoms with Crippen LogP contribution in [0.1, 0.15) is 25.0 Å². The van der Waals surface area contributed by atoms with Crippen molar-refractivity contribution >= 4 is 0 Å². The normalized spacial score (nSPS) is 6.31. The summed E-state index contributed by atoms with van der Waals surface area (Å²) in [6.45, 7) is 6.04. The molecular formula is C12H17Y-. The van der Waals surface area contributed by atoms with E-state index in [4.69, 9.17) is 6.42 Å². The zero-order valence-electron chi connectivity index (χ0n) is 8.96. The zero-order chi connectivity index (χ0) is 8.69. The first kappa shape index (κ1) is 18.6. The van der Waals surface area contributed by atoms with Gasteiger partial charge < -0.3 is 7.43 Å². The van der Waals surface area contributed by atoms with Crippen molar-refractivity contribution in [1.82, 2.24) is 0 Å². The van der Waals surface area contributed by atoms with Gasteiger partial charge in [-0.2, -0.15) is 0 Å². The van der Waals surface area contributed by atoms with Crippen molar-refractivity contribution in [2.75, 3.05) is 0 Å². The van der Waals surface area contributed by atoms with E-state index in [1.54, 1.807) is 0 Å². The minimum absolute atomic E-state index is 0. The molecule has 0 nitrogen and oxygen atoms in total. The Balaban J connectivity index is -0.000000234. The second kappa shape index (κ2) is 11.9. The van der Waals surface area contributed by atoms with Gasteiger partial charge >= 0.3 is 0 Å².